The van der Waals surface area contributed by atoms with Crippen LogP contribution in [0.25, 0.3) is 0 Å². The van der Waals surface area contributed by atoms with Crippen LogP contribution in [0.2, 0.25) is 0 Å². The first-order chi connectivity index (χ1) is 9.61. The van der Waals surface area contributed by atoms with Crippen LogP contribution in [0, 0.1) is 0 Å². The van der Waals surface area contributed by atoms with Gasteiger partial charge >= 0.3 is 12.1 Å². The van der Waals surface area contributed by atoms with Gasteiger partial charge in [0.1, 0.15) is 16.3 Å². The van der Waals surface area contributed by atoms with Crippen LogP contribution in [0.15, 0.2) is 22.9 Å². The maximum absolute atomic E-state index is 11.7. The highest BCUT2D eigenvalue weighted by Gasteiger charge is 2.32. The van der Waals surface area contributed by atoms with Crippen molar-refractivity contribution in [3.05, 3.63) is 28.5 Å². The number of nitrogens with one attached hydrogen (secondary N) is 1. The van der Waals surface area contributed by atoms with Gasteiger partial charge in [0, 0.05) is 11.8 Å². The molecule has 2 atom stereocenters. The molecule has 7 nitrogen and oxygen atoms in total. The summed E-state index contributed by atoms with van der Waals surface area (Å²) in [6.45, 7) is 4.95. The summed E-state index contributed by atoms with van der Waals surface area (Å²) in [7, 11) is 0. The molecule has 8 heteroatoms. The normalized spacial score (nSPS) is 14.1. The van der Waals surface area contributed by atoms with Gasteiger partial charge in [0.15, 0.2) is 6.04 Å². The molecule has 0 bridgehead atoms. The first-order valence-electron chi connectivity index (χ1n) is 6.12. The van der Waals surface area contributed by atoms with Gasteiger partial charge in [-0.15, -0.1) is 0 Å². The van der Waals surface area contributed by atoms with Gasteiger partial charge in [-0.25, -0.2) is 14.6 Å². The van der Waals surface area contributed by atoms with Crippen LogP contribution in [-0.2, 0) is 9.53 Å². The first kappa shape index (κ1) is 17.4. The summed E-state index contributed by atoms with van der Waals surface area (Å²) in [4.78, 5) is 26.8. The molecule has 0 fully saturated rings. The van der Waals surface area contributed by atoms with Crippen molar-refractivity contribution in [1.29, 1.82) is 0 Å². The molecule has 0 aliphatic rings. The molecule has 3 N–H and O–H groups in total. The van der Waals surface area contributed by atoms with Crippen molar-refractivity contribution in [3.63, 3.8) is 0 Å². The summed E-state index contributed by atoms with van der Waals surface area (Å²) in [5, 5.41) is 21.5. The minimum Gasteiger partial charge on any atom is -0.480 e. The number of aliphatic hydroxyl groups is 1. The van der Waals surface area contributed by atoms with Gasteiger partial charge < -0.3 is 20.3 Å². The molecular weight excluding hydrogens is 344 g/mol. The predicted molar refractivity (Wildman–Crippen MR) is 77.7 cm³/mol. The molecule has 1 amide bonds. The lowest BCUT2D eigenvalue weighted by Gasteiger charge is -2.24. The Balaban J connectivity index is 2.90. The number of aliphatic hydroxyl groups excluding tert-OH is 1. The second kappa shape index (κ2) is 6.86. The molecular formula is C13H17BrN2O5. The number of halogens is 1. The Morgan fingerprint density at radius 3 is 2.52 bits per heavy atom. The van der Waals surface area contributed by atoms with Gasteiger partial charge in [0.25, 0.3) is 0 Å². The Morgan fingerprint density at radius 1 is 1.43 bits per heavy atom. The molecule has 1 aromatic rings. The van der Waals surface area contributed by atoms with E-state index in [-0.39, 0.29) is 5.56 Å². The molecule has 0 radical (unpaired) electrons. The monoisotopic (exact) mass is 360 g/mol. The molecule has 0 aliphatic heterocycles. The van der Waals surface area contributed by atoms with Crippen LogP contribution in [0.4, 0.5) is 4.79 Å². The Labute approximate surface area is 130 Å². The van der Waals surface area contributed by atoms with E-state index in [1.54, 1.807) is 26.8 Å². The predicted octanol–water partition coefficient (Wildman–Crippen LogP) is 1.86. The zero-order valence-corrected chi connectivity index (χ0v) is 13.4. The average Bonchev–Trinajstić information content (AvgIpc) is 2.33. The van der Waals surface area contributed by atoms with Crippen LogP contribution in [0.1, 0.15) is 32.4 Å². The first-order valence-corrected chi connectivity index (χ1v) is 6.92. The zero-order valence-electron chi connectivity index (χ0n) is 11.8. The minimum atomic E-state index is -1.56. The molecule has 116 valence electrons. The number of carboxylic acids is 1. The van der Waals surface area contributed by atoms with Gasteiger partial charge in [-0.1, -0.05) is 6.07 Å². The van der Waals surface area contributed by atoms with E-state index in [1.165, 1.54) is 12.3 Å². The van der Waals surface area contributed by atoms with Crippen molar-refractivity contribution in [2.24, 2.45) is 0 Å². The zero-order chi connectivity index (χ0) is 16.2. The van der Waals surface area contributed by atoms with E-state index in [0.717, 1.165) is 0 Å². The fourth-order valence-corrected chi connectivity index (χ4v) is 1.99. The summed E-state index contributed by atoms with van der Waals surface area (Å²) in [5.74, 6) is -1.39. The maximum Gasteiger partial charge on any atom is 0.408 e. The molecule has 0 spiro atoms. The summed E-state index contributed by atoms with van der Waals surface area (Å²) in [6, 6.07) is 1.50. The lowest BCUT2D eigenvalue weighted by atomic mass is 10.0. The number of aromatic nitrogens is 1. The Bertz CT molecular complexity index is 530. The van der Waals surface area contributed by atoms with E-state index in [4.69, 9.17) is 4.74 Å². The lowest BCUT2D eigenvalue weighted by Crippen LogP contribution is -2.47. The van der Waals surface area contributed by atoms with Crippen molar-refractivity contribution < 1.29 is 24.5 Å². The van der Waals surface area contributed by atoms with E-state index in [2.05, 4.69) is 26.2 Å². The van der Waals surface area contributed by atoms with Crippen LogP contribution in [-0.4, -0.2) is 38.9 Å². The lowest BCUT2D eigenvalue weighted by molar-refractivity contribution is -0.142. The summed E-state index contributed by atoms with van der Waals surface area (Å²) in [5.41, 5.74) is -0.520. The van der Waals surface area contributed by atoms with Crippen LogP contribution >= 0.6 is 15.9 Å². The average molecular weight is 361 g/mol. The molecule has 1 aromatic heterocycles. The highest BCUT2D eigenvalue weighted by Crippen LogP contribution is 2.24. The van der Waals surface area contributed by atoms with E-state index < -0.39 is 29.8 Å². The second-order valence-corrected chi connectivity index (χ2v) is 6.04. The molecule has 1 rings (SSSR count). The molecule has 0 aromatic carbocycles. The number of aliphatic carboxylic acids is 1. The fourth-order valence-electron chi connectivity index (χ4n) is 1.51. The molecule has 1 heterocycles. The van der Waals surface area contributed by atoms with Gasteiger partial charge in [-0.3, -0.25) is 0 Å². The fraction of sp³-hybridized carbons (Fsp3) is 0.462. The van der Waals surface area contributed by atoms with E-state index >= 15 is 0 Å². The third-order valence-corrected chi connectivity index (χ3v) is 3.02. The number of carboxylic acid groups (broad SMARTS) is 1. The van der Waals surface area contributed by atoms with Crippen molar-refractivity contribution in [3.8, 4) is 0 Å². The number of amides is 1. The quantitative estimate of drug-likeness (QED) is 0.707. The largest absolute Gasteiger partial charge is 0.480 e. The smallest absolute Gasteiger partial charge is 0.408 e. The van der Waals surface area contributed by atoms with E-state index in [0.29, 0.717) is 4.60 Å². The number of hydrogen-bond donors (Lipinski definition) is 3. The number of carbonyl (C=O) groups excluding carboxylic acids is 1. The number of ether oxygens (including phenoxy) is 1. The second-order valence-electron chi connectivity index (χ2n) is 5.29. The van der Waals surface area contributed by atoms with Crippen molar-refractivity contribution in [2.75, 3.05) is 0 Å². The minimum absolute atomic E-state index is 0.251. The highest BCUT2D eigenvalue weighted by atomic mass is 79.9. The number of carbonyl (C=O) groups is 2. The van der Waals surface area contributed by atoms with E-state index in [9.17, 15) is 19.8 Å². The van der Waals surface area contributed by atoms with Crippen molar-refractivity contribution in [2.45, 2.75) is 38.5 Å². The van der Waals surface area contributed by atoms with Crippen molar-refractivity contribution in [1.82, 2.24) is 10.3 Å². The molecule has 21 heavy (non-hydrogen) atoms. The number of pyridine rings is 1. The number of hydrogen-bond acceptors (Lipinski definition) is 5. The topological polar surface area (TPSA) is 109 Å². The van der Waals surface area contributed by atoms with Gasteiger partial charge in [-0.2, -0.15) is 0 Å². The Kier molecular flexibility index (Phi) is 5.68. The number of rotatable bonds is 4. The number of nitrogens with zero attached hydrogens (tertiary/aromatic N) is 1. The SMILES string of the molecule is CC(C)(C)OC(=O)N[C@H](C(=O)O)[C@@H](O)c1cccnc1Br. The molecule has 0 unspecified atom stereocenters. The van der Waals surface area contributed by atoms with Gasteiger partial charge in [-0.05, 0) is 42.8 Å². The molecule has 0 aliphatic carbocycles. The Hall–Kier alpha value is -1.67. The maximum atomic E-state index is 11.7. The van der Waals surface area contributed by atoms with Crippen LogP contribution in [0.3, 0.4) is 0 Å². The van der Waals surface area contributed by atoms with Gasteiger partial charge in [0.2, 0.25) is 0 Å². The summed E-state index contributed by atoms with van der Waals surface area (Å²) in [6.07, 6.45) is -0.913. The van der Waals surface area contributed by atoms with Gasteiger partial charge in [0.05, 0.1) is 0 Å². The Morgan fingerprint density at radius 2 is 2.05 bits per heavy atom. The standard InChI is InChI=1S/C13H17BrN2O5/c1-13(2,3)21-12(20)16-8(11(18)19)9(17)7-5-4-6-15-10(7)14/h4-6,8-9,17H,1-3H3,(H,16,20)(H,18,19)/t8-,9-/m0/s1. The molecule has 0 saturated carbocycles. The molecule has 0 saturated heterocycles. The third-order valence-electron chi connectivity index (χ3n) is 2.36. The summed E-state index contributed by atoms with van der Waals surface area (Å²) >= 11 is 3.12. The third kappa shape index (κ3) is 5.31. The number of alkyl carbamates (subject to hydrolysis) is 1. The highest BCUT2D eigenvalue weighted by molar-refractivity contribution is 9.10. The van der Waals surface area contributed by atoms with Crippen LogP contribution in [0.5, 0.6) is 0 Å². The van der Waals surface area contributed by atoms with Crippen molar-refractivity contribution >= 4 is 28.0 Å². The summed E-state index contributed by atoms with van der Waals surface area (Å²) < 4.78 is 5.28. The van der Waals surface area contributed by atoms with Crippen LogP contribution < -0.4 is 5.32 Å². The van der Waals surface area contributed by atoms with E-state index in [1.807, 2.05) is 0 Å².